The summed E-state index contributed by atoms with van der Waals surface area (Å²) in [6.07, 6.45) is 0. The average Bonchev–Trinajstić information content (AvgIpc) is 2.53. The van der Waals surface area contributed by atoms with Gasteiger partial charge in [-0.1, -0.05) is 32.9 Å². The van der Waals surface area contributed by atoms with E-state index in [9.17, 15) is 0 Å². The fourth-order valence-electron chi connectivity index (χ4n) is 1.58. The maximum atomic E-state index is 8.72. The first-order valence-electron chi connectivity index (χ1n) is 8.24. The highest BCUT2D eigenvalue weighted by Gasteiger charge is 2.37. The molecule has 1 N–H and O–H groups in total. The standard InChI is InChI=1S/C12H19Br2NOSi.C6H5Br2NO/c1-12(2,3)17(4,5)16-8-9-6-7-10(13)15-11(9)14;7-5-2-1-4(3-10)6(8)9-5/h6-7H,8H2,1-5H3;1-2,10H,3H2. The number of nitrogens with zero attached hydrogens (tertiary/aromatic N) is 2. The zero-order chi connectivity index (χ0) is 20.8. The minimum absolute atomic E-state index is 0.0147. The van der Waals surface area contributed by atoms with Gasteiger partial charge in [0.05, 0.1) is 13.2 Å². The Morgan fingerprint density at radius 2 is 1.33 bits per heavy atom. The Morgan fingerprint density at radius 1 is 0.889 bits per heavy atom. The molecule has 2 heterocycles. The number of halogens is 4. The van der Waals surface area contributed by atoms with Gasteiger partial charge in [-0.25, -0.2) is 9.97 Å². The Balaban J connectivity index is 0.000000309. The van der Waals surface area contributed by atoms with Gasteiger partial charge in [-0.05, 0) is 94.0 Å². The van der Waals surface area contributed by atoms with Gasteiger partial charge in [-0.2, -0.15) is 0 Å². The highest BCUT2D eigenvalue weighted by Crippen LogP contribution is 2.37. The molecule has 150 valence electrons. The van der Waals surface area contributed by atoms with Gasteiger partial charge in [0.1, 0.15) is 18.4 Å². The van der Waals surface area contributed by atoms with Gasteiger partial charge in [0.2, 0.25) is 0 Å². The molecule has 0 bridgehead atoms. The molecule has 0 aliphatic carbocycles. The van der Waals surface area contributed by atoms with Crippen molar-refractivity contribution in [2.24, 2.45) is 0 Å². The smallest absolute Gasteiger partial charge is 0.192 e. The summed E-state index contributed by atoms with van der Waals surface area (Å²) in [6, 6.07) is 7.57. The Labute approximate surface area is 196 Å². The van der Waals surface area contributed by atoms with Crippen LogP contribution in [0.25, 0.3) is 0 Å². The van der Waals surface area contributed by atoms with Crippen molar-refractivity contribution >= 4 is 72.0 Å². The van der Waals surface area contributed by atoms with Crippen LogP contribution >= 0.6 is 63.7 Å². The number of aromatic nitrogens is 2. The molecule has 0 amide bonds. The predicted octanol–water partition coefficient (Wildman–Crippen LogP) is 7.23. The van der Waals surface area contributed by atoms with E-state index in [0.717, 1.165) is 24.9 Å². The third-order valence-corrected chi connectivity index (χ3v) is 11.1. The van der Waals surface area contributed by atoms with Crippen molar-refractivity contribution in [2.45, 2.75) is 52.1 Å². The molecule has 27 heavy (non-hydrogen) atoms. The topological polar surface area (TPSA) is 55.2 Å². The second-order valence-electron chi connectivity index (χ2n) is 7.37. The van der Waals surface area contributed by atoms with E-state index in [4.69, 9.17) is 9.53 Å². The van der Waals surface area contributed by atoms with Crippen LogP contribution in [0.4, 0.5) is 0 Å². The molecule has 2 rings (SSSR count). The van der Waals surface area contributed by atoms with Crippen molar-refractivity contribution in [3.05, 3.63) is 53.8 Å². The molecule has 0 spiro atoms. The Kier molecular flexibility index (Phi) is 10.3. The highest BCUT2D eigenvalue weighted by atomic mass is 79.9. The molecular weight excluding hydrogens is 624 g/mol. The van der Waals surface area contributed by atoms with E-state index in [1.165, 1.54) is 0 Å². The van der Waals surface area contributed by atoms with Crippen LogP contribution < -0.4 is 0 Å². The molecule has 0 aliphatic heterocycles. The molecule has 0 unspecified atom stereocenters. The Hall–Kier alpha value is 0.357. The van der Waals surface area contributed by atoms with E-state index < -0.39 is 8.32 Å². The number of pyridine rings is 2. The first-order chi connectivity index (χ1) is 12.4. The molecule has 0 saturated heterocycles. The fourth-order valence-corrected chi connectivity index (χ4v) is 4.51. The van der Waals surface area contributed by atoms with Crippen molar-refractivity contribution in [1.82, 2.24) is 9.97 Å². The van der Waals surface area contributed by atoms with E-state index in [1.807, 2.05) is 12.1 Å². The largest absolute Gasteiger partial charge is 0.412 e. The second-order valence-corrected chi connectivity index (χ2v) is 15.3. The normalized spacial score (nSPS) is 11.8. The molecule has 0 aromatic carbocycles. The minimum atomic E-state index is -1.68. The van der Waals surface area contributed by atoms with Gasteiger partial charge in [0.25, 0.3) is 0 Å². The number of aliphatic hydroxyl groups excluding tert-OH is 1. The SMILES string of the molecule is CC(C)(C)[Si](C)(C)OCc1ccc(Br)nc1Br.OCc1ccc(Br)nc1Br. The molecule has 4 nitrogen and oxygen atoms in total. The van der Waals surface area contributed by atoms with Crippen molar-refractivity contribution in [3.8, 4) is 0 Å². The van der Waals surface area contributed by atoms with Crippen molar-refractivity contribution in [2.75, 3.05) is 0 Å². The van der Waals surface area contributed by atoms with E-state index in [-0.39, 0.29) is 11.6 Å². The van der Waals surface area contributed by atoms with E-state index in [1.54, 1.807) is 12.1 Å². The summed E-state index contributed by atoms with van der Waals surface area (Å²) in [5, 5.41) is 8.96. The summed E-state index contributed by atoms with van der Waals surface area (Å²) in [5.41, 5.74) is 1.89. The van der Waals surface area contributed by atoms with Crippen molar-refractivity contribution < 1.29 is 9.53 Å². The average molecular weight is 648 g/mol. The lowest BCUT2D eigenvalue weighted by Crippen LogP contribution is -2.40. The van der Waals surface area contributed by atoms with Crippen LogP contribution in [0.3, 0.4) is 0 Å². The molecule has 2 aromatic heterocycles. The summed E-state index contributed by atoms with van der Waals surface area (Å²) in [4.78, 5) is 8.32. The summed E-state index contributed by atoms with van der Waals surface area (Å²) in [7, 11) is -1.68. The molecule has 0 atom stereocenters. The Bertz CT molecular complexity index is 768. The lowest BCUT2D eigenvalue weighted by Gasteiger charge is -2.36. The van der Waals surface area contributed by atoms with Crippen LogP contribution in [0.2, 0.25) is 18.1 Å². The molecule has 0 radical (unpaired) electrons. The van der Waals surface area contributed by atoms with Crippen LogP contribution in [0.1, 0.15) is 31.9 Å². The van der Waals surface area contributed by atoms with Crippen molar-refractivity contribution in [3.63, 3.8) is 0 Å². The maximum absolute atomic E-state index is 8.72. The number of aliphatic hydroxyl groups is 1. The zero-order valence-electron chi connectivity index (χ0n) is 16.0. The first-order valence-corrected chi connectivity index (χ1v) is 14.3. The fraction of sp³-hybridized carbons (Fsp3) is 0.444. The van der Waals surface area contributed by atoms with Crippen molar-refractivity contribution in [1.29, 1.82) is 0 Å². The number of rotatable bonds is 4. The molecule has 0 fully saturated rings. The molecular formula is C18H24Br4N2O2Si. The quantitative estimate of drug-likeness (QED) is 0.281. The third kappa shape index (κ3) is 8.32. The van der Waals surface area contributed by atoms with Gasteiger partial charge < -0.3 is 9.53 Å². The van der Waals surface area contributed by atoms with Gasteiger partial charge in [-0.3, -0.25) is 0 Å². The van der Waals surface area contributed by atoms with Crippen LogP contribution in [-0.2, 0) is 17.6 Å². The summed E-state index contributed by atoms with van der Waals surface area (Å²) >= 11 is 13.2. The number of hydrogen-bond acceptors (Lipinski definition) is 4. The molecule has 0 saturated carbocycles. The lowest BCUT2D eigenvalue weighted by atomic mass is 10.2. The van der Waals surface area contributed by atoms with Gasteiger partial charge >= 0.3 is 0 Å². The summed E-state index contributed by atoms with van der Waals surface area (Å²) < 4.78 is 9.29. The number of hydrogen-bond donors (Lipinski definition) is 1. The van der Waals surface area contributed by atoms with Crippen LogP contribution in [0.15, 0.2) is 42.7 Å². The van der Waals surface area contributed by atoms with Gasteiger partial charge in [0, 0.05) is 11.1 Å². The third-order valence-electron chi connectivity index (χ3n) is 4.35. The Morgan fingerprint density at radius 3 is 1.70 bits per heavy atom. The van der Waals surface area contributed by atoms with E-state index in [2.05, 4.69) is 108 Å². The highest BCUT2D eigenvalue weighted by molar-refractivity contribution is 9.11. The summed E-state index contributed by atoms with van der Waals surface area (Å²) in [5.74, 6) is 0. The second kappa shape index (κ2) is 10.9. The van der Waals surface area contributed by atoms with Gasteiger partial charge in [-0.15, -0.1) is 0 Å². The van der Waals surface area contributed by atoms with Crippen LogP contribution in [0, 0.1) is 0 Å². The predicted molar refractivity (Wildman–Crippen MR) is 127 cm³/mol. The minimum Gasteiger partial charge on any atom is -0.412 e. The van der Waals surface area contributed by atoms with E-state index >= 15 is 0 Å². The monoisotopic (exact) mass is 644 g/mol. The van der Waals surface area contributed by atoms with Gasteiger partial charge in [0.15, 0.2) is 8.32 Å². The van der Waals surface area contributed by atoms with Crippen LogP contribution in [-0.4, -0.2) is 23.4 Å². The maximum Gasteiger partial charge on any atom is 0.192 e. The summed E-state index contributed by atoms with van der Waals surface area (Å²) in [6.45, 7) is 11.9. The van der Waals surface area contributed by atoms with E-state index in [0.29, 0.717) is 11.2 Å². The van der Waals surface area contributed by atoms with Crippen LogP contribution in [0.5, 0.6) is 0 Å². The molecule has 9 heteroatoms. The first kappa shape index (κ1) is 25.4. The lowest BCUT2D eigenvalue weighted by molar-refractivity contribution is 0.275. The molecule has 0 aliphatic rings. The zero-order valence-corrected chi connectivity index (χ0v) is 23.3. The molecule has 2 aromatic rings.